The maximum absolute atomic E-state index is 11.7. The van der Waals surface area contributed by atoms with Crippen LogP contribution in [0.3, 0.4) is 0 Å². The summed E-state index contributed by atoms with van der Waals surface area (Å²) in [6.45, 7) is 0.153. The number of nitrogens with zero attached hydrogens (tertiary/aromatic N) is 1. The zero-order valence-electron chi connectivity index (χ0n) is 13.2. The molecule has 0 saturated carbocycles. The van der Waals surface area contributed by atoms with Crippen molar-refractivity contribution in [1.29, 1.82) is 5.41 Å². The summed E-state index contributed by atoms with van der Waals surface area (Å²) in [5.74, 6) is -1.43. The number of benzene rings is 1. The number of guanidine groups is 1. The first-order valence-electron chi connectivity index (χ1n) is 7.27. The lowest BCUT2D eigenvalue weighted by atomic mass is 10.1. The molecule has 0 fully saturated rings. The number of hydrogen-bond donors (Lipinski definition) is 5. The van der Waals surface area contributed by atoms with E-state index in [1.54, 1.807) is 0 Å². The Morgan fingerprint density at radius 1 is 1.36 bits per heavy atom. The molecule has 1 rings (SSSR count). The van der Waals surface area contributed by atoms with Gasteiger partial charge in [0.1, 0.15) is 12.6 Å². The number of alkyl carbamates (subject to hydrolysis) is 1. The van der Waals surface area contributed by atoms with Crippen LogP contribution < -0.4 is 16.4 Å². The molecular weight excluding hydrogens is 334 g/mol. The van der Waals surface area contributed by atoms with Gasteiger partial charge in [-0.3, -0.25) is 15.5 Å². The molecule has 11 nitrogen and oxygen atoms in total. The van der Waals surface area contributed by atoms with Gasteiger partial charge in [0, 0.05) is 18.7 Å². The Kier molecular flexibility index (Phi) is 7.63. The SMILES string of the molecule is N=C(N)NCCCC(NC(=O)OCc1ccc([N+](=O)[O-])cc1)C(=O)O. The van der Waals surface area contributed by atoms with Crippen LogP contribution in [-0.2, 0) is 16.1 Å². The van der Waals surface area contributed by atoms with E-state index in [9.17, 15) is 19.7 Å². The van der Waals surface area contributed by atoms with Crippen LogP contribution in [0.5, 0.6) is 0 Å². The third kappa shape index (κ3) is 7.63. The summed E-state index contributed by atoms with van der Waals surface area (Å²) in [6, 6.07) is 4.29. The predicted molar refractivity (Wildman–Crippen MR) is 87.0 cm³/mol. The molecule has 1 amide bonds. The first-order valence-corrected chi connectivity index (χ1v) is 7.27. The topological polar surface area (TPSA) is 181 Å². The molecule has 0 saturated heterocycles. The summed E-state index contributed by atoms with van der Waals surface area (Å²) in [7, 11) is 0. The highest BCUT2D eigenvalue weighted by Crippen LogP contribution is 2.12. The summed E-state index contributed by atoms with van der Waals surface area (Å²) in [5.41, 5.74) is 5.54. The van der Waals surface area contributed by atoms with Gasteiger partial charge in [0.15, 0.2) is 5.96 Å². The van der Waals surface area contributed by atoms with Crippen molar-refractivity contribution in [3.63, 3.8) is 0 Å². The van der Waals surface area contributed by atoms with Crippen molar-refractivity contribution in [3.8, 4) is 0 Å². The average Bonchev–Trinajstić information content (AvgIpc) is 2.55. The third-order valence-corrected chi connectivity index (χ3v) is 3.09. The van der Waals surface area contributed by atoms with Crippen molar-refractivity contribution in [2.24, 2.45) is 5.73 Å². The van der Waals surface area contributed by atoms with Crippen LogP contribution in [0.1, 0.15) is 18.4 Å². The van der Waals surface area contributed by atoms with Crippen molar-refractivity contribution in [1.82, 2.24) is 10.6 Å². The maximum Gasteiger partial charge on any atom is 0.408 e. The average molecular weight is 353 g/mol. The number of ether oxygens (including phenoxy) is 1. The number of hydrogen-bond acceptors (Lipinski definition) is 6. The molecule has 1 aromatic rings. The molecule has 136 valence electrons. The molecule has 1 unspecified atom stereocenters. The van der Waals surface area contributed by atoms with E-state index in [2.05, 4.69) is 10.6 Å². The number of nitro benzene ring substituents is 1. The number of carbonyl (C=O) groups is 2. The first kappa shape index (κ1) is 19.7. The maximum atomic E-state index is 11.7. The van der Waals surface area contributed by atoms with Crippen molar-refractivity contribution >= 4 is 23.7 Å². The number of carbonyl (C=O) groups excluding carboxylic acids is 1. The monoisotopic (exact) mass is 353 g/mol. The number of nitrogens with two attached hydrogens (primary N) is 1. The predicted octanol–water partition coefficient (Wildman–Crippen LogP) is 0.537. The van der Waals surface area contributed by atoms with Gasteiger partial charge in [-0.1, -0.05) is 0 Å². The van der Waals surface area contributed by atoms with E-state index in [1.807, 2.05) is 0 Å². The lowest BCUT2D eigenvalue weighted by Crippen LogP contribution is -2.41. The second kappa shape index (κ2) is 9.70. The minimum Gasteiger partial charge on any atom is -0.480 e. The van der Waals surface area contributed by atoms with E-state index in [-0.39, 0.29) is 24.7 Å². The van der Waals surface area contributed by atoms with Crippen LogP contribution in [0.15, 0.2) is 24.3 Å². The molecule has 25 heavy (non-hydrogen) atoms. The van der Waals surface area contributed by atoms with Gasteiger partial charge >= 0.3 is 12.1 Å². The summed E-state index contributed by atoms with van der Waals surface area (Å²) in [5, 5.41) is 31.3. The molecule has 0 aliphatic rings. The second-order valence-corrected chi connectivity index (χ2v) is 5.02. The fraction of sp³-hybridized carbons (Fsp3) is 0.357. The van der Waals surface area contributed by atoms with Gasteiger partial charge < -0.3 is 26.2 Å². The highest BCUT2D eigenvalue weighted by Gasteiger charge is 2.20. The Labute approximate surface area is 142 Å². The third-order valence-electron chi connectivity index (χ3n) is 3.09. The Morgan fingerprint density at radius 3 is 2.52 bits per heavy atom. The number of rotatable bonds is 9. The van der Waals surface area contributed by atoms with Crippen molar-refractivity contribution in [3.05, 3.63) is 39.9 Å². The zero-order valence-corrected chi connectivity index (χ0v) is 13.2. The van der Waals surface area contributed by atoms with E-state index < -0.39 is 23.0 Å². The van der Waals surface area contributed by atoms with Crippen LogP contribution in [0.25, 0.3) is 0 Å². The summed E-state index contributed by atoms with van der Waals surface area (Å²) < 4.78 is 4.90. The molecule has 0 bridgehead atoms. The highest BCUT2D eigenvalue weighted by molar-refractivity contribution is 5.79. The number of amides is 1. The Morgan fingerprint density at radius 2 is 2.00 bits per heavy atom. The van der Waals surface area contributed by atoms with Crippen LogP contribution in [0.2, 0.25) is 0 Å². The lowest BCUT2D eigenvalue weighted by molar-refractivity contribution is -0.384. The quantitative estimate of drug-likeness (QED) is 0.140. The van der Waals surface area contributed by atoms with Gasteiger partial charge in [-0.25, -0.2) is 9.59 Å². The molecule has 0 spiro atoms. The fourth-order valence-electron chi connectivity index (χ4n) is 1.83. The fourth-order valence-corrected chi connectivity index (χ4v) is 1.83. The molecule has 1 aromatic carbocycles. The Balaban J connectivity index is 2.42. The lowest BCUT2D eigenvalue weighted by Gasteiger charge is -2.14. The van der Waals surface area contributed by atoms with Gasteiger partial charge in [-0.2, -0.15) is 0 Å². The van der Waals surface area contributed by atoms with E-state index in [1.165, 1.54) is 24.3 Å². The molecule has 0 aliphatic heterocycles. The van der Waals surface area contributed by atoms with Crippen molar-refractivity contribution < 1.29 is 24.4 Å². The number of aliphatic carboxylic acids is 1. The van der Waals surface area contributed by atoms with E-state index >= 15 is 0 Å². The van der Waals surface area contributed by atoms with Crippen LogP contribution >= 0.6 is 0 Å². The Hall–Kier alpha value is -3.37. The molecule has 11 heteroatoms. The van der Waals surface area contributed by atoms with E-state index in [0.29, 0.717) is 18.5 Å². The van der Waals surface area contributed by atoms with E-state index in [4.69, 9.17) is 21.0 Å². The minimum atomic E-state index is -1.21. The Bertz CT molecular complexity index is 633. The number of nitro groups is 1. The number of non-ortho nitro benzene ring substituents is 1. The molecule has 0 aliphatic carbocycles. The molecule has 1 atom stereocenters. The molecule has 0 radical (unpaired) electrons. The van der Waals surface area contributed by atoms with E-state index in [0.717, 1.165) is 0 Å². The van der Waals surface area contributed by atoms with Crippen LogP contribution in [0.4, 0.5) is 10.5 Å². The molecule has 6 N–H and O–H groups in total. The first-order chi connectivity index (χ1) is 11.8. The standard InChI is InChI=1S/C14H19N5O6/c15-13(16)17-7-1-2-11(12(20)21)18-14(22)25-8-9-3-5-10(6-4-9)19(23)24/h3-6,11H,1-2,7-8H2,(H,18,22)(H,20,21)(H4,15,16,17). The highest BCUT2D eigenvalue weighted by atomic mass is 16.6. The van der Waals surface area contributed by atoms with Gasteiger partial charge in [0.05, 0.1) is 4.92 Å². The van der Waals surface area contributed by atoms with Crippen LogP contribution in [0, 0.1) is 15.5 Å². The van der Waals surface area contributed by atoms with Gasteiger partial charge in [0.2, 0.25) is 0 Å². The normalized spacial score (nSPS) is 11.2. The van der Waals surface area contributed by atoms with Gasteiger partial charge in [-0.15, -0.1) is 0 Å². The largest absolute Gasteiger partial charge is 0.480 e. The number of carboxylic acids is 1. The smallest absolute Gasteiger partial charge is 0.408 e. The number of carboxylic acid groups (broad SMARTS) is 1. The summed E-state index contributed by atoms with van der Waals surface area (Å²) in [6.07, 6.45) is -0.410. The zero-order chi connectivity index (χ0) is 18.8. The summed E-state index contributed by atoms with van der Waals surface area (Å²) in [4.78, 5) is 32.8. The number of nitrogens with one attached hydrogen (secondary N) is 3. The van der Waals surface area contributed by atoms with Crippen molar-refractivity contribution in [2.75, 3.05) is 6.54 Å². The summed E-state index contributed by atoms with van der Waals surface area (Å²) >= 11 is 0. The second-order valence-electron chi connectivity index (χ2n) is 5.02. The molecule has 0 aromatic heterocycles. The molecular formula is C14H19N5O6. The van der Waals surface area contributed by atoms with Crippen LogP contribution in [-0.4, -0.2) is 40.6 Å². The minimum absolute atomic E-state index is 0.0849. The van der Waals surface area contributed by atoms with Gasteiger partial charge in [-0.05, 0) is 30.5 Å². The van der Waals surface area contributed by atoms with Gasteiger partial charge in [0.25, 0.3) is 5.69 Å². The van der Waals surface area contributed by atoms with Crippen molar-refractivity contribution in [2.45, 2.75) is 25.5 Å². The molecule has 0 heterocycles.